The summed E-state index contributed by atoms with van der Waals surface area (Å²) < 4.78 is 12.0. The zero-order valence-electron chi connectivity index (χ0n) is 9.60. The van der Waals surface area contributed by atoms with E-state index >= 15 is 0 Å². The van der Waals surface area contributed by atoms with E-state index in [1.54, 1.807) is 0 Å². The molecule has 3 heteroatoms. The molecular formula is C13H20O3. The number of aliphatic hydroxyl groups excluding tert-OH is 1. The van der Waals surface area contributed by atoms with Crippen molar-refractivity contribution in [2.45, 2.75) is 56.5 Å². The van der Waals surface area contributed by atoms with E-state index in [2.05, 4.69) is 6.08 Å². The largest absolute Gasteiger partial charge is 0.389 e. The minimum atomic E-state index is -0.281. The molecule has 1 N–H and O–H groups in total. The maximum absolute atomic E-state index is 9.48. The van der Waals surface area contributed by atoms with Crippen molar-refractivity contribution in [1.29, 1.82) is 0 Å². The Morgan fingerprint density at radius 1 is 1.12 bits per heavy atom. The van der Waals surface area contributed by atoms with Gasteiger partial charge in [-0.05, 0) is 19.3 Å². The predicted molar refractivity (Wildman–Crippen MR) is 59.9 cm³/mol. The summed E-state index contributed by atoms with van der Waals surface area (Å²) in [7, 11) is 0. The van der Waals surface area contributed by atoms with Gasteiger partial charge in [0.05, 0.1) is 18.8 Å². The molecule has 2 aliphatic carbocycles. The Hall–Kier alpha value is -0.380. The lowest BCUT2D eigenvalue weighted by atomic mass is 9.94. The van der Waals surface area contributed by atoms with E-state index in [0.717, 1.165) is 19.3 Å². The second-order valence-corrected chi connectivity index (χ2v) is 5.29. The normalized spacial score (nSPS) is 41.9. The van der Waals surface area contributed by atoms with Gasteiger partial charge in [-0.3, -0.25) is 0 Å². The average Bonchev–Trinajstić information content (AvgIpc) is 2.87. The Balaban J connectivity index is 1.62. The molecule has 0 amide bonds. The highest BCUT2D eigenvalue weighted by Gasteiger charge is 2.44. The van der Waals surface area contributed by atoms with Crippen LogP contribution in [0.3, 0.4) is 0 Å². The lowest BCUT2D eigenvalue weighted by Crippen LogP contribution is -2.34. The molecule has 3 nitrogen and oxygen atoms in total. The molecule has 3 atom stereocenters. The zero-order valence-corrected chi connectivity index (χ0v) is 9.60. The molecule has 1 saturated heterocycles. The topological polar surface area (TPSA) is 38.7 Å². The Morgan fingerprint density at radius 2 is 1.94 bits per heavy atom. The number of aliphatic hydroxyl groups is 1. The molecule has 90 valence electrons. The van der Waals surface area contributed by atoms with Gasteiger partial charge in [0, 0.05) is 18.8 Å². The van der Waals surface area contributed by atoms with E-state index < -0.39 is 0 Å². The summed E-state index contributed by atoms with van der Waals surface area (Å²) in [6.45, 7) is 0.696. The number of ether oxygens (including phenoxy) is 2. The molecule has 1 heterocycles. The predicted octanol–water partition coefficient (Wildman–Crippen LogP) is 2.00. The number of hydrogen-bond donors (Lipinski definition) is 1. The van der Waals surface area contributed by atoms with Crippen molar-refractivity contribution >= 4 is 0 Å². The number of rotatable bonds is 1. The Labute approximate surface area is 96.4 Å². The van der Waals surface area contributed by atoms with Gasteiger partial charge in [-0.25, -0.2) is 0 Å². The molecule has 16 heavy (non-hydrogen) atoms. The van der Waals surface area contributed by atoms with Crippen molar-refractivity contribution < 1.29 is 14.6 Å². The first kappa shape index (κ1) is 10.8. The third-order valence-corrected chi connectivity index (χ3v) is 4.06. The molecule has 0 unspecified atom stereocenters. The molecule has 3 aliphatic rings. The van der Waals surface area contributed by atoms with Crippen LogP contribution in [0.15, 0.2) is 12.2 Å². The van der Waals surface area contributed by atoms with Crippen LogP contribution in [0.25, 0.3) is 0 Å². The maximum Gasteiger partial charge on any atom is 0.168 e. The third kappa shape index (κ3) is 1.92. The first-order chi connectivity index (χ1) is 7.77. The summed E-state index contributed by atoms with van der Waals surface area (Å²) >= 11 is 0. The highest BCUT2D eigenvalue weighted by atomic mass is 16.7. The van der Waals surface area contributed by atoms with Crippen LogP contribution in [-0.2, 0) is 9.47 Å². The van der Waals surface area contributed by atoms with Gasteiger partial charge >= 0.3 is 0 Å². The van der Waals surface area contributed by atoms with Crippen molar-refractivity contribution in [3.63, 3.8) is 0 Å². The molecular weight excluding hydrogens is 204 g/mol. The quantitative estimate of drug-likeness (QED) is 0.692. The Morgan fingerprint density at radius 3 is 2.62 bits per heavy atom. The third-order valence-electron chi connectivity index (χ3n) is 4.06. The molecule has 1 saturated carbocycles. The van der Waals surface area contributed by atoms with Crippen LogP contribution in [0.5, 0.6) is 0 Å². The molecule has 0 aromatic rings. The number of hydrogen-bond acceptors (Lipinski definition) is 3. The molecule has 1 aliphatic heterocycles. The van der Waals surface area contributed by atoms with Crippen LogP contribution in [-0.4, -0.2) is 29.7 Å². The van der Waals surface area contributed by atoms with Crippen molar-refractivity contribution in [3.05, 3.63) is 12.2 Å². The second kappa shape index (κ2) is 4.13. The molecule has 1 spiro atoms. The average molecular weight is 224 g/mol. The monoisotopic (exact) mass is 224 g/mol. The smallest absolute Gasteiger partial charge is 0.168 e. The lowest BCUT2D eigenvalue weighted by molar-refractivity contribution is -0.190. The Kier molecular flexibility index (Phi) is 2.78. The van der Waals surface area contributed by atoms with E-state index in [0.29, 0.717) is 12.5 Å². The van der Waals surface area contributed by atoms with E-state index in [4.69, 9.17) is 9.47 Å². The summed E-state index contributed by atoms with van der Waals surface area (Å²) in [5, 5.41) is 9.48. The minimum absolute atomic E-state index is 0.159. The van der Waals surface area contributed by atoms with Crippen LogP contribution in [0.4, 0.5) is 0 Å². The van der Waals surface area contributed by atoms with E-state index in [1.807, 2.05) is 6.08 Å². The van der Waals surface area contributed by atoms with Crippen molar-refractivity contribution in [2.24, 2.45) is 5.92 Å². The molecule has 0 aromatic carbocycles. The first-order valence-corrected chi connectivity index (χ1v) is 6.46. The van der Waals surface area contributed by atoms with Crippen LogP contribution in [0, 0.1) is 5.92 Å². The highest BCUT2D eigenvalue weighted by Crippen LogP contribution is 2.41. The summed E-state index contributed by atoms with van der Waals surface area (Å²) in [4.78, 5) is 0. The van der Waals surface area contributed by atoms with Crippen LogP contribution >= 0.6 is 0 Å². The highest BCUT2D eigenvalue weighted by molar-refractivity contribution is 5.06. The van der Waals surface area contributed by atoms with Crippen molar-refractivity contribution in [3.8, 4) is 0 Å². The molecule has 3 rings (SSSR count). The molecule has 0 aromatic heterocycles. The SMILES string of the molecule is O[C@@H]1C=C[C@@H]([C@H]2COC3(CCCCC3)O2)C1. The summed E-state index contributed by atoms with van der Waals surface area (Å²) in [6, 6.07) is 0. The van der Waals surface area contributed by atoms with Gasteiger partial charge in [0.1, 0.15) is 0 Å². The van der Waals surface area contributed by atoms with Crippen LogP contribution < -0.4 is 0 Å². The first-order valence-electron chi connectivity index (χ1n) is 6.46. The molecule has 0 radical (unpaired) electrons. The summed E-state index contributed by atoms with van der Waals surface area (Å²) in [5.41, 5.74) is 0. The minimum Gasteiger partial charge on any atom is -0.389 e. The van der Waals surface area contributed by atoms with Crippen LogP contribution in [0.1, 0.15) is 38.5 Å². The van der Waals surface area contributed by atoms with Crippen molar-refractivity contribution in [1.82, 2.24) is 0 Å². The van der Waals surface area contributed by atoms with E-state index in [9.17, 15) is 5.11 Å². The van der Waals surface area contributed by atoms with Gasteiger partial charge < -0.3 is 14.6 Å². The second-order valence-electron chi connectivity index (χ2n) is 5.29. The maximum atomic E-state index is 9.48. The molecule has 2 fully saturated rings. The fourth-order valence-electron chi connectivity index (χ4n) is 3.12. The fraction of sp³-hybridized carbons (Fsp3) is 0.846. The van der Waals surface area contributed by atoms with E-state index in [1.165, 1.54) is 19.3 Å². The van der Waals surface area contributed by atoms with Gasteiger partial charge in [-0.15, -0.1) is 0 Å². The van der Waals surface area contributed by atoms with Gasteiger partial charge in [0.15, 0.2) is 5.79 Å². The van der Waals surface area contributed by atoms with Gasteiger partial charge in [0.2, 0.25) is 0 Å². The Bertz CT molecular complexity index is 281. The van der Waals surface area contributed by atoms with E-state index in [-0.39, 0.29) is 18.0 Å². The zero-order chi connectivity index (χ0) is 11.0. The van der Waals surface area contributed by atoms with Crippen molar-refractivity contribution in [2.75, 3.05) is 6.61 Å². The lowest BCUT2D eigenvalue weighted by Gasteiger charge is -2.32. The fourth-order valence-corrected chi connectivity index (χ4v) is 3.12. The van der Waals surface area contributed by atoms with Gasteiger partial charge in [-0.1, -0.05) is 18.6 Å². The van der Waals surface area contributed by atoms with Crippen LogP contribution in [0.2, 0.25) is 0 Å². The summed E-state index contributed by atoms with van der Waals surface area (Å²) in [6.07, 6.45) is 10.5. The molecule has 0 bridgehead atoms. The van der Waals surface area contributed by atoms with Gasteiger partial charge in [0.25, 0.3) is 0 Å². The summed E-state index contributed by atoms with van der Waals surface area (Å²) in [5.74, 6) is 0.0703. The standard InChI is InChI=1S/C13H20O3/c14-11-5-4-10(8-11)12-9-15-13(16-12)6-2-1-3-7-13/h4-5,10-12,14H,1-3,6-9H2/t10-,11-,12-/m1/s1. The van der Waals surface area contributed by atoms with Gasteiger partial charge in [-0.2, -0.15) is 0 Å².